The van der Waals surface area contributed by atoms with Crippen molar-refractivity contribution < 1.29 is 12.8 Å². The number of nitrogens with one attached hydrogen (secondary N) is 1. The van der Waals surface area contributed by atoms with Crippen LogP contribution in [0, 0.1) is 17.1 Å². The average Bonchev–Trinajstić information content (AvgIpc) is 2.62. The number of aromatic nitrogens is 2. The topological polar surface area (TPSA) is 95.7 Å². The van der Waals surface area contributed by atoms with Gasteiger partial charge in [-0.15, -0.1) is 0 Å². The minimum Gasteiger partial charge on any atom is -0.366 e. The van der Waals surface area contributed by atoms with Crippen LogP contribution in [0.5, 0.6) is 0 Å². The third-order valence-electron chi connectivity index (χ3n) is 3.84. The maximum atomic E-state index is 13.2. The lowest BCUT2D eigenvalue weighted by molar-refractivity contribution is 0.589. The summed E-state index contributed by atoms with van der Waals surface area (Å²) in [4.78, 5) is 8.71. The summed E-state index contributed by atoms with van der Waals surface area (Å²) in [5.41, 5.74) is 1.09. The Hall–Kier alpha value is -3.05. The fraction of sp³-hybridized carbons (Fsp3) is 0.211. The van der Waals surface area contributed by atoms with E-state index in [9.17, 15) is 18.1 Å². The Morgan fingerprint density at radius 1 is 1.04 bits per heavy atom. The lowest BCUT2D eigenvalue weighted by Gasteiger charge is -2.17. The fourth-order valence-electron chi connectivity index (χ4n) is 2.61. The van der Waals surface area contributed by atoms with E-state index < -0.39 is 20.9 Å². The Morgan fingerprint density at radius 3 is 2.19 bits per heavy atom. The van der Waals surface area contributed by atoms with Gasteiger partial charge in [0.25, 0.3) is 0 Å². The molecule has 6 nitrogen and oxygen atoms in total. The van der Waals surface area contributed by atoms with Crippen molar-refractivity contribution in [3.63, 3.8) is 0 Å². The van der Waals surface area contributed by atoms with Crippen LogP contribution in [0.25, 0.3) is 11.0 Å². The molecule has 1 atom stereocenters. The predicted octanol–water partition coefficient (Wildman–Crippen LogP) is 3.63. The molecule has 0 unspecified atom stereocenters. The highest BCUT2D eigenvalue weighted by molar-refractivity contribution is 7.92. The molecule has 8 heteroatoms. The maximum absolute atomic E-state index is 13.2. The fourth-order valence-corrected chi connectivity index (χ4v) is 4.00. The molecule has 138 valence electrons. The molecular weight excluding hydrogens is 367 g/mol. The van der Waals surface area contributed by atoms with Gasteiger partial charge >= 0.3 is 0 Å². The van der Waals surface area contributed by atoms with Crippen LogP contribution in [-0.4, -0.2) is 24.4 Å². The third kappa shape index (κ3) is 3.73. The van der Waals surface area contributed by atoms with E-state index in [4.69, 9.17) is 0 Å². The van der Waals surface area contributed by atoms with Gasteiger partial charge in [0.2, 0.25) is 9.84 Å². The van der Waals surface area contributed by atoms with E-state index in [1.165, 1.54) is 0 Å². The molecule has 1 aromatic heterocycles. The molecule has 0 radical (unpaired) electrons. The van der Waals surface area contributed by atoms with Gasteiger partial charge in [-0.3, -0.25) is 0 Å². The van der Waals surface area contributed by atoms with Gasteiger partial charge in [-0.1, -0.05) is 12.1 Å². The van der Waals surface area contributed by atoms with Crippen LogP contribution in [0.2, 0.25) is 0 Å². The lowest BCUT2D eigenvalue weighted by Crippen LogP contribution is -2.20. The van der Waals surface area contributed by atoms with Gasteiger partial charge in [-0.2, -0.15) is 5.26 Å². The van der Waals surface area contributed by atoms with E-state index in [-0.39, 0.29) is 22.4 Å². The highest BCUT2D eigenvalue weighted by atomic mass is 32.2. The Morgan fingerprint density at radius 2 is 1.63 bits per heavy atom. The van der Waals surface area contributed by atoms with E-state index in [1.54, 1.807) is 24.3 Å². The number of sulfone groups is 1. The average molecular weight is 384 g/mol. The van der Waals surface area contributed by atoms with Gasteiger partial charge in [-0.25, -0.2) is 22.8 Å². The molecule has 0 fully saturated rings. The van der Waals surface area contributed by atoms with Crippen molar-refractivity contribution in [1.82, 2.24) is 9.97 Å². The van der Waals surface area contributed by atoms with E-state index in [0.717, 1.165) is 24.3 Å². The Kier molecular flexibility index (Phi) is 5.06. The van der Waals surface area contributed by atoms with E-state index in [1.807, 2.05) is 19.9 Å². The molecule has 0 aliphatic heterocycles. The standard InChI is InChI=1S/C19H17FN4O2S/c1-12(2)22-19-18(23-15-5-3-4-6-16(15)24-19)17(11-21)27(25,26)14-9-7-13(20)8-10-14/h3-10,12,17H,1-2H3,(H,22,24)/t17-/m0/s1. The number of nitrogens with zero attached hydrogens (tertiary/aromatic N) is 3. The van der Waals surface area contributed by atoms with Gasteiger partial charge in [0, 0.05) is 6.04 Å². The first-order valence-electron chi connectivity index (χ1n) is 8.25. The van der Waals surface area contributed by atoms with Crippen LogP contribution >= 0.6 is 0 Å². The zero-order valence-corrected chi connectivity index (χ0v) is 15.5. The van der Waals surface area contributed by atoms with E-state index >= 15 is 0 Å². The zero-order valence-electron chi connectivity index (χ0n) is 14.7. The van der Waals surface area contributed by atoms with Crippen LogP contribution in [0.3, 0.4) is 0 Å². The Bertz CT molecular complexity index is 1120. The molecule has 0 bridgehead atoms. The molecule has 3 aromatic rings. The number of para-hydroxylation sites is 2. The van der Waals surface area contributed by atoms with Crippen molar-refractivity contribution >= 4 is 26.7 Å². The molecule has 0 amide bonds. The summed E-state index contributed by atoms with van der Waals surface area (Å²) in [6.45, 7) is 3.74. The Balaban J connectivity index is 2.20. The van der Waals surface area contributed by atoms with Crippen LogP contribution in [0.4, 0.5) is 10.2 Å². The molecule has 27 heavy (non-hydrogen) atoms. The Labute approximate surface area is 156 Å². The molecule has 2 aromatic carbocycles. The summed E-state index contributed by atoms with van der Waals surface area (Å²) >= 11 is 0. The molecule has 0 spiro atoms. The summed E-state index contributed by atoms with van der Waals surface area (Å²) in [6, 6.07) is 13.1. The van der Waals surface area contributed by atoms with Crippen LogP contribution in [0.1, 0.15) is 24.8 Å². The van der Waals surface area contributed by atoms with Crippen LogP contribution in [-0.2, 0) is 9.84 Å². The maximum Gasteiger partial charge on any atom is 0.200 e. The van der Waals surface area contributed by atoms with Gasteiger partial charge in [0.1, 0.15) is 11.5 Å². The molecule has 3 rings (SSSR count). The summed E-state index contributed by atoms with van der Waals surface area (Å²) in [5, 5.41) is 11.1. The number of hydrogen-bond acceptors (Lipinski definition) is 6. The molecule has 1 heterocycles. The van der Waals surface area contributed by atoms with Gasteiger partial charge in [0.15, 0.2) is 11.1 Å². The van der Waals surface area contributed by atoms with E-state index in [2.05, 4.69) is 15.3 Å². The first-order chi connectivity index (χ1) is 12.8. The number of anilines is 1. The summed E-state index contributed by atoms with van der Waals surface area (Å²) < 4.78 is 39.2. The number of hydrogen-bond donors (Lipinski definition) is 1. The van der Waals surface area contributed by atoms with Crippen molar-refractivity contribution in [1.29, 1.82) is 5.26 Å². The molecule has 0 saturated carbocycles. The zero-order chi connectivity index (χ0) is 19.6. The largest absolute Gasteiger partial charge is 0.366 e. The van der Waals surface area contributed by atoms with Gasteiger partial charge < -0.3 is 5.32 Å². The van der Waals surface area contributed by atoms with Crippen LogP contribution < -0.4 is 5.32 Å². The molecule has 0 aliphatic rings. The second kappa shape index (κ2) is 7.29. The quantitative estimate of drug-likeness (QED) is 0.675. The van der Waals surface area contributed by atoms with Crippen molar-refractivity contribution in [3.8, 4) is 6.07 Å². The third-order valence-corrected chi connectivity index (χ3v) is 5.72. The second-order valence-electron chi connectivity index (χ2n) is 6.25. The first kappa shape index (κ1) is 18.7. The van der Waals surface area contributed by atoms with Crippen molar-refractivity contribution in [2.24, 2.45) is 0 Å². The smallest absolute Gasteiger partial charge is 0.200 e. The van der Waals surface area contributed by atoms with Crippen molar-refractivity contribution in [3.05, 3.63) is 60.0 Å². The number of fused-ring (bicyclic) bond motifs is 1. The highest BCUT2D eigenvalue weighted by Crippen LogP contribution is 2.32. The summed E-state index contributed by atoms with van der Waals surface area (Å²) in [6.07, 6.45) is 0. The number of rotatable bonds is 5. The number of benzene rings is 2. The highest BCUT2D eigenvalue weighted by Gasteiger charge is 2.33. The van der Waals surface area contributed by atoms with Crippen molar-refractivity contribution in [2.75, 3.05) is 5.32 Å². The summed E-state index contributed by atoms with van der Waals surface area (Å²) in [7, 11) is -4.12. The lowest BCUT2D eigenvalue weighted by atomic mass is 10.2. The van der Waals surface area contributed by atoms with E-state index in [0.29, 0.717) is 11.0 Å². The molecular formula is C19H17FN4O2S. The molecule has 0 aliphatic carbocycles. The predicted molar refractivity (Wildman–Crippen MR) is 100 cm³/mol. The summed E-state index contributed by atoms with van der Waals surface area (Å²) in [5.74, 6) is -0.323. The number of nitriles is 1. The normalized spacial score (nSPS) is 12.7. The van der Waals surface area contributed by atoms with Gasteiger partial charge in [-0.05, 0) is 50.2 Å². The second-order valence-corrected chi connectivity index (χ2v) is 8.29. The van der Waals surface area contributed by atoms with Crippen LogP contribution in [0.15, 0.2) is 53.4 Å². The SMILES string of the molecule is CC(C)Nc1nc2ccccc2nc1[C@H](C#N)S(=O)(=O)c1ccc(F)cc1. The number of halogens is 1. The first-order valence-corrected chi connectivity index (χ1v) is 9.80. The molecule has 1 N–H and O–H groups in total. The van der Waals surface area contributed by atoms with Gasteiger partial charge in [0.05, 0.1) is 22.0 Å². The van der Waals surface area contributed by atoms with Crippen molar-refractivity contribution in [2.45, 2.75) is 30.0 Å². The minimum absolute atomic E-state index is 0.0224. The molecule has 0 saturated heterocycles. The monoisotopic (exact) mass is 384 g/mol. The minimum atomic E-state index is -4.12.